The number of halogens is 3. The van der Waals surface area contributed by atoms with E-state index in [4.69, 9.17) is 22.1 Å². The number of rotatable bonds is 6. The van der Waals surface area contributed by atoms with Gasteiger partial charge in [0.25, 0.3) is 0 Å². The molecule has 1 saturated heterocycles. The largest absolute Gasteiger partial charge is 0.388 e. The molecule has 3 aromatic rings. The highest BCUT2D eigenvalue weighted by Crippen LogP contribution is 2.38. The average molecular weight is 508 g/mol. The lowest BCUT2D eigenvalue weighted by molar-refractivity contribution is -0.122. The van der Waals surface area contributed by atoms with E-state index in [0.29, 0.717) is 43.5 Å². The number of carbonyl (C=O) groups is 1. The number of nitrogens with two attached hydrogens (primary N) is 1. The van der Waals surface area contributed by atoms with Gasteiger partial charge in [0.2, 0.25) is 17.8 Å². The van der Waals surface area contributed by atoms with E-state index in [1.807, 2.05) is 4.57 Å². The molecule has 0 radical (unpaired) electrons. The van der Waals surface area contributed by atoms with Crippen molar-refractivity contribution in [2.45, 2.75) is 43.9 Å². The Balaban J connectivity index is 1.54. The molecule has 1 aliphatic heterocycles. The lowest BCUT2D eigenvalue weighted by Crippen LogP contribution is -2.32. The van der Waals surface area contributed by atoms with Crippen LogP contribution in [0, 0.1) is 17.6 Å². The highest BCUT2D eigenvalue weighted by atomic mass is 35.5. The molecule has 1 amide bonds. The molecule has 1 aromatic carbocycles. The number of aromatic nitrogens is 4. The minimum atomic E-state index is -0.866. The standard InChI is InChI=1S/C22H24ClF2N7O3/c23-13-5-11(24)6-14(25)18(13)30-22-29-15-7-27-21(28-16-8-35-9-17(16)33)31-20(15)32(22)12-3-1-10(2-4-12)19(26)34/h5-7,10,12,16-17,33H,1-4,8-9H2,(H2,26,34)(H,29,30)(H,27,28,31). The molecule has 3 heterocycles. The van der Waals surface area contributed by atoms with Crippen molar-refractivity contribution in [1.82, 2.24) is 19.5 Å². The number of hydrogen-bond acceptors (Lipinski definition) is 8. The van der Waals surface area contributed by atoms with Crippen molar-refractivity contribution >= 4 is 46.3 Å². The second-order valence-corrected chi connectivity index (χ2v) is 9.25. The summed E-state index contributed by atoms with van der Waals surface area (Å²) in [5, 5.41) is 15.9. The smallest absolute Gasteiger partial charge is 0.225 e. The van der Waals surface area contributed by atoms with Gasteiger partial charge in [-0.1, -0.05) is 11.6 Å². The SMILES string of the molecule is NC(=O)C1CCC(n2c(Nc3c(F)cc(F)cc3Cl)nc3cnc(NC4COCC4O)nc32)CC1. The number of fused-ring (bicyclic) bond motifs is 1. The minimum absolute atomic E-state index is 0.118. The van der Waals surface area contributed by atoms with Gasteiger partial charge in [-0.15, -0.1) is 0 Å². The summed E-state index contributed by atoms with van der Waals surface area (Å²) < 4.78 is 35.2. The summed E-state index contributed by atoms with van der Waals surface area (Å²) in [5.74, 6) is -1.67. The van der Waals surface area contributed by atoms with Gasteiger partial charge in [-0.3, -0.25) is 9.36 Å². The van der Waals surface area contributed by atoms with Gasteiger partial charge in [0, 0.05) is 18.0 Å². The molecule has 1 aliphatic carbocycles. The maximum Gasteiger partial charge on any atom is 0.225 e. The van der Waals surface area contributed by atoms with Crippen LogP contribution in [0.2, 0.25) is 5.02 Å². The van der Waals surface area contributed by atoms with Crippen molar-refractivity contribution in [2.75, 3.05) is 23.8 Å². The third-order valence-corrected chi connectivity index (χ3v) is 6.80. The van der Waals surface area contributed by atoms with Crippen molar-refractivity contribution in [3.63, 3.8) is 0 Å². The number of ether oxygens (including phenoxy) is 1. The van der Waals surface area contributed by atoms with Crippen LogP contribution in [0.15, 0.2) is 18.3 Å². The van der Waals surface area contributed by atoms with Gasteiger partial charge in [-0.25, -0.2) is 18.7 Å². The predicted octanol–water partition coefficient (Wildman–Crippen LogP) is 2.89. The Labute approximate surface area is 203 Å². The van der Waals surface area contributed by atoms with Crippen LogP contribution in [0.3, 0.4) is 0 Å². The number of primary amides is 1. The van der Waals surface area contributed by atoms with Gasteiger partial charge >= 0.3 is 0 Å². The summed E-state index contributed by atoms with van der Waals surface area (Å²) >= 11 is 6.11. The Morgan fingerprint density at radius 3 is 2.63 bits per heavy atom. The third kappa shape index (κ3) is 4.73. The number of aliphatic hydroxyl groups is 1. The number of benzene rings is 1. The number of nitrogens with one attached hydrogen (secondary N) is 2. The van der Waals surface area contributed by atoms with Crippen LogP contribution in [0.1, 0.15) is 31.7 Å². The quantitative estimate of drug-likeness (QED) is 0.399. The molecule has 186 valence electrons. The molecule has 35 heavy (non-hydrogen) atoms. The van der Waals surface area contributed by atoms with E-state index in [0.717, 1.165) is 12.1 Å². The highest BCUT2D eigenvalue weighted by Gasteiger charge is 2.30. The van der Waals surface area contributed by atoms with Crippen molar-refractivity contribution < 1.29 is 23.4 Å². The molecular formula is C22H24ClF2N7O3. The van der Waals surface area contributed by atoms with Gasteiger partial charge in [-0.05, 0) is 31.7 Å². The molecular weight excluding hydrogens is 484 g/mol. The normalized spacial score (nSPS) is 24.6. The Kier molecular flexibility index (Phi) is 6.43. The number of carbonyl (C=O) groups excluding carboxylic acids is 1. The lowest BCUT2D eigenvalue weighted by atomic mass is 9.85. The Bertz CT molecular complexity index is 1240. The van der Waals surface area contributed by atoms with E-state index >= 15 is 0 Å². The van der Waals surface area contributed by atoms with E-state index in [1.54, 1.807) is 0 Å². The fourth-order valence-corrected chi connectivity index (χ4v) is 4.87. The zero-order chi connectivity index (χ0) is 24.7. The van der Waals surface area contributed by atoms with Crippen LogP contribution in [0.25, 0.3) is 11.2 Å². The van der Waals surface area contributed by atoms with Gasteiger partial charge in [0.05, 0.1) is 42.3 Å². The molecule has 5 rings (SSSR count). The maximum absolute atomic E-state index is 14.5. The van der Waals surface area contributed by atoms with E-state index in [1.165, 1.54) is 6.20 Å². The van der Waals surface area contributed by atoms with Gasteiger partial charge < -0.3 is 26.2 Å². The number of aliphatic hydroxyl groups excluding tert-OH is 1. The molecule has 0 spiro atoms. The first-order chi connectivity index (χ1) is 16.8. The zero-order valence-electron chi connectivity index (χ0n) is 18.5. The Morgan fingerprint density at radius 2 is 1.97 bits per heavy atom. The van der Waals surface area contributed by atoms with E-state index < -0.39 is 17.7 Å². The minimum Gasteiger partial charge on any atom is -0.388 e. The van der Waals surface area contributed by atoms with Crippen LogP contribution in [-0.4, -0.2) is 55.9 Å². The molecule has 2 aromatic heterocycles. The van der Waals surface area contributed by atoms with Crippen LogP contribution < -0.4 is 16.4 Å². The summed E-state index contributed by atoms with van der Waals surface area (Å²) in [6.45, 7) is 0.535. The molecule has 2 atom stereocenters. The Morgan fingerprint density at radius 1 is 1.20 bits per heavy atom. The molecule has 2 unspecified atom stereocenters. The summed E-state index contributed by atoms with van der Waals surface area (Å²) in [4.78, 5) is 25.1. The zero-order valence-corrected chi connectivity index (χ0v) is 19.3. The van der Waals surface area contributed by atoms with Crippen molar-refractivity contribution in [3.8, 4) is 0 Å². The summed E-state index contributed by atoms with van der Waals surface area (Å²) in [6.07, 6.45) is 3.25. The Hall–Kier alpha value is -3.09. The molecule has 1 saturated carbocycles. The first-order valence-corrected chi connectivity index (χ1v) is 11.7. The number of hydrogen-bond donors (Lipinski definition) is 4. The van der Waals surface area contributed by atoms with Crippen LogP contribution in [-0.2, 0) is 9.53 Å². The van der Waals surface area contributed by atoms with Gasteiger partial charge in [0.1, 0.15) is 11.3 Å². The number of nitrogens with zero attached hydrogens (tertiary/aromatic N) is 4. The van der Waals surface area contributed by atoms with Crippen molar-refractivity contribution in [2.24, 2.45) is 11.7 Å². The van der Waals surface area contributed by atoms with Crippen LogP contribution in [0.4, 0.5) is 26.4 Å². The van der Waals surface area contributed by atoms with E-state index in [2.05, 4.69) is 25.6 Å². The van der Waals surface area contributed by atoms with Crippen LogP contribution in [0.5, 0.6) is 0 Å². The van der Waals surface area contributed by atoms with Crippen molar-refractivity contribution in [3.05, 3.63) is 35.0 Å². The second-order valence-electron chi connectivity index (χ2n) is 8.84. The monoisotopic (exact) mass is 507 g/mol. The molecule has 2 aliphatic rings. The first kappa shape index (κ1) is 23.6. The topological polar surface area (TPSA) is 140 Å². The molecule has 13 heteroatoms. The first-order valence-electron chi connectivity index (χ1n) is 11.3. The third-order valence-electron chi connectivity index (χ3n) is 6.51. The van der Waals surface area contributed by atoms with Gasteiger partial charge in [0.15, 0.2) is 11.5 Å². The van der Waals surface area contributed by atoms with Gasteiger partial charge in [-0.2, -0.15) is 4.98 Å². The predicted molar refractivity (Wildman–Crippen MR) is 124 cm³/mol. The molecule has 10 nitrogen and oxygen atoms in total. The van der Waals surface area contributed by atoms with E-state index in [9.17, 15) is 18.7 Å². The number of anilines is 3. The van der Waals surface area contributed by atoms with Crippen LogP contribution >= 0.6 is 11.6 Å². The molecule has 2 fully saturated rings. The number of imidazole rings is 1. The number of amides is 1. The molecule has 0 bridgehead atoms. The summed E-state index contributed by atoms with van der Waals surface area (Å²) in [7, 11) is 0. The fourth-order valence-electron chi connectivity index (χ4n) is 4.63. The van der Waals surface area contributed by atoms with E-state index in [-0.39, 0.29) is 53.1 Å². The summed E-state index contributed by atoms with van der Waals surface area (Å²) in [5.41, 5.74) is 6.29. The molecule has 5 N–H and O–H groups in total. The van der Waals surface area contributed by atoms with Crippen molar-refractivity contribution in [1.29, 1.82) is 0 Å². The highest BCUT2D eigenvalue weighted by molar-refractivity contribution is 6.33. The maximum atomic E-state index is 14.5. The lowest BCUT2D eigenvalue weighted by Gasteiger charge is -2.29. The fraction of sp³-hybridized carbons (Fsp3) is 0.455. The second kappa shape index (κ2) is 9.51. The summed E-state index contributed by atoms with van der Waals surface area (Å²) in [6, 6.07) is 1.26. The average Bonchev–Trinajstić information content (AvgIpc) is 3.38.